The number of hydrogen-bond donors (Lipinski definition) is 1. The maximum atomic E-state index is 13.7. The van der Waals surface area contributed by atoms with E-state index in [1.807, 2.05) is 6.07 Å². The third-order valence-corrected chi connectivity index (χ3v) is 7.07. The Hall–Kier alpha value is -3.59. The van der Waals surface area contributed by atoms with Gasteiger partial charge >= 0.3 is 6.03 Å². The first-order valence-electron chi connectivity index (χ1n) is 11.6. The number of para-hydroxylation sites is 1. The summed E-state index contributed by atoms with van der Waals surface area (Å²) in [7, 11) is 0. The summed E-state index contributed by atoms with van der Waals surface area (Å²) >= 11 is 0. The molecule has 3 fully saturated rings. The molecule has 1 aliphatic carbocycles. The van der Waals surface area contributed by atoms with Gasteiger partial charge in [0.15, 0.2) is 17.6 Å². The van der Waals surface area contributed by atoms with Crippen molar-refractivity contribution in [3.8, 4) is 11.5 Å². The lowest BCUT2D eigenvalue weighted by molar-refractivity contribution is -0.133. The van der Waals surface area contributed by atoms with Crippen molar-refractivity contribution < 1.29 is 28.6 Å². The largest absolute Gasteiger partial charge is 0.454 e. The minimum atomic E-state index is -0.774. The molecule has 3 heterocycles. The van der Waals surface area contributed by atoms with Crippen LogP contribution in [0.3, 0.4) is 0 Å². The van der Waals surface area contributed by atoms with Crippen molar-refractivity contribution in [2.75, 3.05) is 23.6 Å². The molecule has 6 rings (SSSR count). The van der Waals surface area contributed by atoms with Gasteiger partial charge in [-0.05, 0) is 37.1 Å². The molecule has 2 saturated heterocycles. The number of anilines is 2. The smallest absolute Gasteiger partial charge is 0.332 e. The molecular formula is C25H25N3O6. The monoisotopic (exact) mass is 463 g/mol. The summed E-state index contributed by atoms with van der Waals surface area (Å²) in [6, 6.07) is 13.0. The van der Waals surface area contributed by atoms with Crippen LogP contribution in [-0.4, -0.2) is 54.3 Å². The van der Waals surface area contributed by atoms with Crippen molar-refractivity contribution in [1.29, 1.82) is 0 Å². The van der Waals surface area contributed by atoms with Crippen molar-refractivity contribution in [2.45, 2.75) is 43.9 Å². The van der Waals surface area contributed by atoms with Crippen molar-refractivity contribution in [3.05, 3.63) is 48.5 Å². The predicted octanol–water partition coefficient (Wildman–Crippen LogP) is 3.15. The molecule has 4 amide bonds. The number of fused-ring (bicyclic) bond motifs is 4. The zero-order valence-corrected chi connectivity index (χ0v) is 18.5. The summed E-state index contributed by atoms with van der Waals surface area (Å²) in [6.45, 7) is -0.0401. The van der Waals surface area contributed by atoms with Gasteiger partial charge < -0.3 is 24.4 Å². The van der Waals surface area contributed by atoms with Crippen molar-refractivity contribution in [1.82, 2.24) is 4.90 Å². The van der Waals surface area contributed by atoms with E-state index in [2.05, 4.69) is 5.32 Å². The molecule has 1 N–H and O–H groups in total. The first kappa shape index (κ1) is 21.0. The van der Waals surface area contributed by atoms with E-state index in [1.54, 1.807) is 42.5 Å². The van der Waals surface area contributed by atoms with Crippen molar-refractivity contribution >= 4 is 29.2 Å². The average molecular weight is 463 g/mol. The van der Waals surface area contributed by atoms with Gasteiger partial charge in [-0.25, -0.2) is 9.69 Å². The number of nitrogens with zero attached hydrogens (tertiary/aromatic N) is 2. The lowest BCUT2D eigenvalue weighted by atomic mass is 9.81. The molecule has 0 bridgehead atoms. The maximum absolute atomic E-state index is 13.7. The van der Waals surface area contributed by atoms with E-state index in [1.165, 1.54) is 4.90 Å². The number of urea groups is 1. The zero-order chi connectivity index (χ0) is 23.2. The van der Waals surface area contributed by atoms with E-state index in [0.29, 0.717) is 22.9 Å². The Balaban J connectivity index is 1.28. The number of nitrogens with one attached hydrogen (secondary N) is 1. The summed E-state index contributed by atoms with van der Waals surface area (Å²) in [5.41, 5.74) is 1.01. The molecule has 9 heteroatoms. The van der Waals surface area contributed by atoms with E-state index < -0.39 is 18.2 Å². The molecule has 2 aromatic carbocycles. The Morgan fingerprint density at radius 3 is 2.65 bits per heavy atom. The van der Waals surface area contributed by atoms with Crippen LogP contribution in [0.25, 0.3) is 0 Å². The highest BCUT2D eigenvalue weighted by Crippen LogP contribution is 2.43. The Morgan fingerprint density at radius 2 is 1.79 bits per heavy atom. The van der Waals surface area contributed by atoms with Gasteiger partial charge in [0.1, 0.15) is 6.54 Å². The van der Waals surface area contributed by atoms with Gasteiger partial charge in [-0.1, -0.05) is 31.0 Å². The highest BCUT2D eigenvalue weighted by Gasteiger charge is 2.58. The number of amides is 4. The number of hydrogen-bond acceptors (Lipinski definition) is 6. The van der Waals surface area contributed by atoms with Gasteiger partial charge in [-0.2, -0.15) is 0 Å². The molecule has 4 unspecified atom stereocenters. The number of carbonyl (C=O) groups excluding carboxylic acids is 3. The summed E-state index contributed by atoms with van der Waals surface area (Å²) in [4.78, 5) is 42.8. The van der Waals surface area contributed by atoms with Gasteiger partial charge in [0.05, 0.1) is 17.8 Å². The Labute approximate surface area is 196 Å². The van der Waals surface area contributed by atoms with Crippen LogP contribution < -0.4 is 19.7 Å². The van der Waals surface area contributed by atoms with E-state index in [4.69, 9.17) is 14.2 Å². The van der Waals surface area contributed by atoms with Crippen LogP contribution in [0.15, 0.2) is 48.5 Å². The Kier molecular flexibility index (Phi) is 5.13. The number of benzene rings is 2. The fraction of sp³-hybridized carbons (Fsp3) is 0.400. The molecule has 3 aliphatic heterocycles. The SMILES string of the molecule is O=C(CN1C(=O)N(c2ccccc2)C(=O)C2OC3CCCCC3C21)Nc1ccc2c(c1)OCO2. The molecular weight excluding hydrogens is 438 g/mol. The second kappa shape index (κ2) is 8.32. The number of ether oxygens (including phenoxy) is 3. The second-order valence-electron chi connectivity index (χ2n) is 9.07. The summed E-state index contributed by atoms with van der Waals surface area (Å²) in [5, 5.41) is 2.84. The molecule has 0 aromatic heterocycles. The van der Waals surface area contributed by atoms with Crippen LogP contribution in [-0.2, 0) is 14.3 Å². The fourth-order valence-electron chi connectivity index (χ4n) is 5.57. The summed E-state index contributed by atoms with van der Waals surface area (Å²) < 4.78 is 16.9. The van der Waals surface area contributed by atoms with Gasteiger partial charge in [0.2, 0.25) is 12.7 Å². The first-order chi connectivity index (χ1) is 16.6. The van der Waals surface area contributed by atoms with E-state index in [0.717, 1.165) is 30.6 Å². The van der Waals surface area contributed by atoms with Crippen LogP contribution >= 0.6 is 0 Å². The van der Waals surface area contributed by atoms with Crippen LogP contribution in [0.1, 0.15) is 25.7 Å². The van der Waals surface area contributed by atoms with Gasteiger partial charge in [0, 0.05) is 17.7 Å². The van der Waals surface area contributed by atoms with Gasteiger partial charge in [-0.15, -0.1) is 0 Å². The van der Waals surface area contributed by atoms with Crippen LogP contribution in [0.2, 0.25) is 0 Å². The zero-order valence-electron chi connectivity index (χ0n) is 18.5. The number of rotatable bonds is 4. The first-order valence-corrected chi connectivity index (χ1v) is 11.6. The Bertz CT molecular complexity index is 1140. The second-order valence-corrected chi connectivity index (χ2v) is 9.07. The van der Waals surface area contributed by atoms with Gasteiger partial charge in [0.25, 0.3) is 5.91 Å². The molecule has 34 heavy (non-hydrogen) atoms. The van der Waals surface area contributed by atoms with Crippen LogP contribution in [0, 0.1) is 5.92 Å². The third kappa shape index (κ3) is 3.47. The highest BCUT2D eigenvalue weighted by molar-refractivity contribution is 6.18. The molecule has 4 atom stereocenters. The maximum Gasteiger partial charge on any atom is 0.332 e. The fourth-order valence-corrected chi connectivity index (χ4v) is 5.57. The lowest BCUT2D eigenvalue weighted by Crippen LogP contribution is -2.65. The number of imide groups is 1. The van der Waals surface area contributed by atoms with E-state index in [9.17, 15) is 14.4 Å². The van der Waals surface area contributed by atoms with Crippen molar-refractivity contribution in [3.63, 3.8) is 0 Å². The summed E-state index contributed by atoms with van der Waals surface area (Å²) in [6.07, 6.45) is 2.95. The number of carbonyl (C=O) groups is 3. The molecule has 0 radical (unpaired) electrons. The van der Waals surface area contributed by atoms with E-state index in [-0.39, 0.29) is 37.2 Å². The topological polar surface area (TPSA) is 97.4 Å². The van der Waals surface area contributed by atoms with Gasteiger partial charge in [-0.3, -0.25) is 9.59 Å². The lowest BCUT2D eigenvalue weighted by Gasteiger charge is -2.42. The minimum absolute atomic E-state index is 0.0444. The standard InChI is InChI=1S/C25H25N3O6/c29-21(26-15-10-11-19-20(12-15)33-14-32-19)13-27-22-17-8-4-5-9-18(17)34-23(22)24(30)28(25(27)31)16-6-2-1-3-7-16/h1-3,6-7,10-12,17-18,22-23H,4-5,8-9,13-14H2,(H,26,29). The molecule has 1 saturated carbocycles. The quantitative estimate of drug-likeness (QED) is 0.748. The molecule has 4 aliphatic rings. The van der Waals surface area contributed by atoms with Crippen LogP contribution in [0.5, 0.6) is 11.5 Å². The minimum Gasteiger partial charge on any atom is -0.454 e. The summed E-state index contributed by atoms with van der Waals surface area (Å²) in [5.74, 6) is 0.510. The molecule has 0 spiro atoms. The highest BCUT2D eigenvalue weighted by atomic mass is 16.7. The normalized spacial score (nSPS) is 27.4. The predicted molar refractivity (Wildman–Crippen MR) is 122 cm³/mol. The van der Waals surface area contributed by atoms with E-state index >= 15 is 0 Å². The Morgan fingerprint density at radius 1 is 1.00 bits per heavy atom. The average Bonchev–Trinajstić information content (AvgIpc) is 3.47. The van der Waals surface area contributed by atoms with Crippen molar-refractivity contribution in [2.24, 2.45) is 5.92 Å². The molecule has 9 nitrogen and oxygen atoms in total. The third-order valence-electron chi connectivity index (χ3n) is 7.07. The molecule has 176 valence electrons. The molecule has 2 aromatic rings. The van der Waals surface area contributed by atoms with Crippen LogP contribution in [0.4, 0.5) is 16.2 Å².